The first-order valence-electron chi connectivity index (χ1n) is 12.9. The van der Waals surface area contributed by atoms with E-state index in [0.29, 0.717) is 24.5 Å². The molecule has 6 rings (SSSR count). The zero-order chi connectivity index (χ0) is 26.8. The highest BCUT2D eigenvalue weighted by atomic mass is 16.5. The van der Waals surface area contributed by atoms with Crippen molar-refractivity contribution < 1.29 is 14.3 Å². The molecule has 194 valence electrons. The third-order valence-electron chi connectivity index (χ3n) is 7.23. The number of aromatic amines is 2. The number of nitrogens with one attached hydrogen (secondary N) is 3. The van der Waals surface area contributed by atoms with Crippen LogP contribution >= 0.6 is 0 Å². The Morgan fingerprint density at radius 1 is 0.923 bits per heavy atom. The molecule has 0 bridgehead atoms. The molecule has 0 aromatic heterocycles. The summed E-state index contributed by atoms with van der Waals surface area (Å²) in [5.74, 6) is -2.77. The van der Waals surface area contributed by atoms with Gasteiger partial charge >= 0.3 is 0 Å². The number of hydrogen-bond acceptors (Lipinski definition) is 5. The molecule has 3 N–H and O–H groups in total. The van der Waals surface area contributed by atoms with E-state index in [1.165, 1.54) is 0 Å². The van der Waals surface area contributed by atoms with Gasteiger partial charge in [-0.15, -0.1) is 0 Å². The van der Waals surface area contributed by atoms with Crippen LogP contribution in [0.15, 0.2) is 78.9 Å². The Morgan fingerprint density at radius 3 is 2.36 bits per heavy atom. The van der Waals surface area contributed by atoms with Crippen molar-refractivity contribution in [2.24, 2.45) is 5.92 Å². The summed E-state index contributed by atoms with van der Waals surface area (Å²) in [5, 5.41) is 20.8. The van der Waals surface area contributed by atoms with Crippen LogP contribution in [-0.4, -0.2) is 53.1 Å². The van der Waals surface area contributed by atoms with Gasteiger partial charge in [0.15, 0.2) is 5.92 Å². The quantitative estimate of drug-likeness (QED) is 0.206. The number of Topliss-reactive ketones (excluding diaryl/α,β-unsaturated/α-hetero) is 1. The Balaban J connectivity index is 1.47. The van der Waals surface area contributed by atoms with E-state index < -0.39 is 17.6 Å². The lowest BCUT2D eigenvalue weighted by molar-refractivity contribution is -0.117. The number of fused-ring (bicyclic) bond motifs is 3. The molecule has 8 nitrogen and oxygen atoms in total. The summed E-state index contributed by atoms with van der Waals surface area (Å²) >= 11 is 0. The van der Waals surface area contributed by atoms with Gasteiger partial charge < -0.3 is 10.1 Å². The summed E-state index contributed by atoms with van der Waals surface area (Å²) in [4.78, 5) is 29.2. The zero-order valence-electron chi connectivity index (χ0n) is 21.2. The number of para-hydroxylation sites is 1. The highest BCUT2D eigenvalue weighted by molar-refractivity contribution is 6.23. The molecule has 2 aliphatic heterocycles. The Labute approximate surface area is 225 Å². The van der Waals surface area contributed by atoms with Gasteiger partial charge in [0.1, 0.15) is 5.69 Å². The predicted octanol–water partition coefficient (Wildman–Crippen LogP) is 5.06. The Hall–Kier alpha value is -4.71. The number of ether oxygens (including phenoxy) is 1. The number of amides is 1. The maximum absolute atomic E-state index is 13.8. The van der Waals surface area contributed by atoms with E-state index >= 15 is 0 Å². The Morgan fingerprint density at radius 2 is 1.64 bits per heavy atom. The molecule has 0 radical (unpaired) electrons. The van der Waals surface area contributed by atoms with Gasteiger partial charge in [-0.25, -0.2) is 0 Å². The average molecular weight is 518 g/mol. The average Bonchev–Trinajstić information content (AvgIpc) is 3.54. The number of benzene rings is 3. The summed E-state index contributed by atoms with van der Waals surface area (Å²) < 4.78 is 5.54. The number of rotatable bonds is 7. The highest BCUT2D eigenvalue weighted by Crippen LogP contribution is 2.47. The number of anilines is 1. The van der Waals surface area contributed by atoms with Crippen molar-refractivity contribution in [1.29, 1.82) is 5.26 Å². The van der Waals surface area contributed by atoms with Gasteiger partial charge in [-0.2, -0.15) is 5.26 Å². The minimum atomic E-state index is -1.52. The first-order valence-corrected chi connectivity index (χ1v) is 12.9. The van der Waals surface area contributed by atoms with E-state index in [0.717, 1.165) is 52.8 Å². The predicted molar refractivity (Wildman–Crippen MR) is 149 cm³/mol. The molecule has 0 saturated carbocycles. The summed E-state index contributed by atoms with van der Waals surface area (Å²) in [7, 11) is 0. The fourth-order valence-corrected chi connectivity index (χ4v) is 5.38. The van der Waals surface area contributed by atoms with E-state index in [1.54, 1.807) is 24.3 Å². The van der Waals surface area contributed by atoms with Gasteiger partial charge in [0.05, 0.1) is 25.0 Å². The van der Waals surface area contributed by atoms with Gasteiger partial charge in [-0.1, -0.05) is 66.7 Å². The van der Waals surface area contributed by atoms with Crippen LogP contribution in [0.5, 0.6) is 0 Å². The molecule has 1 aliphatic carbocycles. The van der Waals surface area contributed by atoms with E-state index in [9.17, 15) is 14.9 Å². The summed E-state index contributed by atoms with van der Waals surface area (Å²) in [6.07, 6.45) is 0. The first-order chi connectivity index (χ1) is 19.2. The van der Waals surface area contributed by atoms with Crippen LogP contribution in [-0.2, 0) is 16.1 Å². The molecule has 1 saturated heterocycles. The third kappa shape index (κ3) is 4.59. The van der Waals surface area contributed by atoms with Crippen LogP contribution in [0.4, 0.5) is 5.69 Å². The van der Waals surface area contributed by atoms with Crippen LogP contribution in [0.25, 0.3) is 33.2 Å². The van der Waals surface area contributed by atoms with Gasteiger partial charge in [-0.3, -0.25) is 24.7 Å². The third-order valence-corrected chi connectivity index (χ3v) is 7.23. The number of hydrogen-bond donors (Lipinski definition) is 3. The molecule has 3 aromatic rings. The number of nitrogens with zero attached hydrogens (tertiary/aromatic N) is 2. The fraction of sp³-hybridized carbons (Fsp3) is 0.194. The highest BCUT2D eigenvalue weighted by Gasteiger charge is 2.35. The molecule has 8 heteroatoms. The molecule has 2 heterocycles. The van der Waals surface area contributed by atoms with Crippen molar-refractivity contribution in [2.45, 2.75) is 6.54 Å². The topological polar surface area (TPSA) is 114 Å². The van der Waals surface area contributed by atoms with Crippen LogP contribution < -0.4 is 5.32 Å². The van der Waals surface area contributed by atoms with Crippen LogP contribution in [0.3, 0.4) is 0 Å². The van der Waals surface area contributed by atoms with Crippen molar-refractivity contribution in [2.75, 3.05) is 31.6 Å². The molecule has 3 aromatic carbocycles. The monoisotopic (exact) mass is 517 g/mol. The normalized spacial score (nSPS) is 14.7. The SMILES string of the molecule is N#CC(C(=O)Nc1ccccc1)C(=O)c1[nH][nH]c2c3cccc(CN4CCOCC4)c3c(-c3ccccc3)c1-2. The number of H-pyrrole nitrogens is 2. The number of morpholine rings is 1. The number of carbonyl (C=O) groups is 2. The summed E-state index contributed by atoms with van der Waals surface area (Å²) in [5.41, 5.74) is 5.21. The Kier molecular flexibility index (Phi) is 6.68. The minimum Gasteiger partial charge on any atom is -0.379 e. The smallest absolute Gasteiger partial charge is 0.249 e. The number of aromatic nitrogens is 2. The second kappa shape index (κ2) is 10.6. The van der Waals surface area contributed by atoms with Crippen LogP contribution in [0.1, 0.15) is 16.1 Å². The number of nitriles is 1. The van der Waals surface area contributed by atoms with Gasteiger partial charge in [-0.05, 0) is 28.6 Å². The van der Waals surface area contributed by atoms with Gasteiger partial charge in [0.2, 0.25) is 11.7 Å². The van der Waals surface area contributed by atoms with Crippen LogP contribution in [0, 0.1) is 17.2 Å². The standard InChI is InChI=1S/C31H27N5O3/c32-18-24(31(38)33-22-11-5-2-6-12-22)30(37)29-27-26(20-8-3-1-4-9-20)25-21(19-36-14-16-39-17-15-36)10-7-13-23(25)28(27)34-35-29/h1-13,24,34-35H,14-17,19H2,(H,33,38). The lowest BCUT2D eigenvalue weighted by Crippen LogP contribution is -2.35. The number of ketones is 1. The van der Waals surface area contributed by atoms with Gasteiger partial charge in [0, 0.05) is 41.8 Å². The molecule has 0 spiro atoms. The lowest BCUT2D eigenvalue weighted by atomic mass is 9.94. The van der Waals surface area contributed by atoms with Crippen molar-refractivity contribution in [1.82, 2.24) is 15.1 Å². The number of carbonyl (C=O) groups excluding carboxylic acids is 2. The van der Waals surface area contributed by atoms with E-state index in [4.69, 9.17) is 4.74 Å². The second-order valence-corrected chi connectivity index (χ2v) is 9.63. The van der Waals surface area contributed by atoms with Crippen molar-refractivity contribution in [3.63, 3.8) is 0 Å². The van der Waals surface area contributed by atoms with E-state index in [2.05, 4.69) is 26.5 Å². The molecule has 39 heavy (non-hydrogen) atoms. The zero-order valence-corrected chi connectivity index (χ0v) is 21.2. The Bertz CT molecular complexity index is 1640. The molecule has 1 amide bonds. The first kappa shape index (κ1) is 24.6. The molecule has 1 atom stereocenters. The van der Waals surface area contributed by atoms with E-state index in [1.807, 2.05) is 54.6 Å². The van der Waals surface area contributed by atoms with Crippen molar-refractivity contribution in [3.8, 4) is 28.5 Å². The second-order valence-electron chi connectivity index (χ2n) is 9.63. The molecule has 3 aliphatic rings. The molecule has 1 unspecified atom stereocenters. The lowest BCUT2D eigenvalue weighted by Gasteiger charge is -2.27. The van der Waals surface area contributed by atoms with Gasteiger partial charge in [0.25, 0.3) is 0 Å². The molecular weight excluding hydrogens is 490 g/mol. The maximum Gasteiger partial charge on any atom is 0.249 e. The fourth-order valence-electron chi connectivity index (χ4n) is 5.38. The van der Waals surface area contributed by atoms with Crippen LogP contribution in [0.2, 0.25) is 0 Å². The molecule has 1 fully saturated rings. The summed E-state index contributed by atoms with van der Waals surface area (Å²) in [6, 6.07) is 26.8. The maximum atomic E-state index is 13.8. The largest absolute Gasteiger partial charge is 0.379 e. The van der Waals surface area contributed by atoms with E-state index in [-0.39, 0.29) is 5.69 Å². The summed E-state index contributed by atoms with van der Waals surface area (Å²) in [6.45, 7) is 3.87. The minimum absolute atomic E-state index is 0.215. The molecular formula is C31H27N5O3. The van der Waals surface area contributed by atoms with Crippen molar-refractivity contribution in [3.05, 3.63) is 90.1 Å². The van der Waals surface area contributed by atoms with Crippen molar-refractivity contribution >= 4 is 28.2 Å².